The van der Waals surface area contributed by atoms with Crippen molar-refractivity contribution in [2.45, 2.75) is 45.7 Å². The predicted molar refractivity (Wildman–Crippen MR) is 79.5 cm³/mol. The third-order valence-corrected chi connectivity index (χ3v) is 3.91. The van der Waals surface area contributed by atoms with Gasteiger partial charge in [-0.25, -0.2) is 4.39 Å². The monoisotopic (exact) mass is 266 g/mol. The molecule has 2 N–H and O–H groups in total. The topological polar surface area (TPSA) is 29.3 Å². The van der Waals surface area contributed by atoms with E-state index in [1.807, 2.05) is 6.07 Å². The van der Waals surface area contributed by atoms with Crippen LogP contribution in [0.5, 0.6) is 0 Å². The van der Waals surface area contributed by atoms with E-state index in [9.17, 15) is 4.39 Å². The number of rotatable bonds is 7. The van der Waals surface area contributed by atoms with E-state index in [1.54, 1.807) is 12.1 Å². The van der Waals surface area contributed by atoms with E-state index in [-0.39, 0.29) is 17.8 Å². The summed E-state index contributed by atoms with van der Waals surface area (Å²) < 4.78 is 13.7. The highest BCUT2D eigenvalue weighted by molar-refractivity contribution is 5.21. The van der Waals surface area contributed by atoms with Gasteiger partial charge in [0.25, 0.3) is 0 Å². The fourth-order valence-electron chi connectivity index (χ4n) is 2.44. The smallest absolute Gasteiger partial charge is 0.127 e. The predicted octanol–water partition coefficient (Wildman–Crippen LogP) is 3.58. The van der Waals surface area contributed by atoms with Crippen molar-refractivity contribution in [1.29, 1.82) is 0 Å². The Labute approximate surface area is 116 Å². The van der Waals surface area contributed by atoms with Crippen molar-refractivity contribution in [3.8, 4) is 0 Å². The molecule has 1 rings (SSSR count). The van der Waals surface area contributed by atoms with Crippen molar-refractivity contribution in [2.75, 3.05) is 13.6 Å². The third kappa shape index (κ3) is 4.59. The van der Waals surface area contributed by atoms with Crippen LogP contribution in [0.4, 0.5) is 4.39 Å². The SMILES string of the molecule is CCCC(C)N(C)CC(C)C(N)c1ccccc1F. The molecule has 108 valence electrons. The molecule has 0 aliphatic rings. The summed E-state index contributed by atoms with van der Waals surface area (Å²) in [7, 11) is 2.12. The molecular weight excluding hydrogens is 239 g/mol. The number of halogens is 1. The van der Waals surface area contributed by atoms with Gasteiger partial charge in [-0.15, -0.1) is 0 Å². The van der Waals surface area contributed by atoms with E-state index in [2.05, 4.69) is 32.7 Å². The van der Waals surface area contributed by atoms with Crippen molar-refractivity contribution in [2.24, 2.45) is 11.7 Å². The quantitative estimate of drug-likeness (QED) is 0.817. The van der Waals surface area contributed by atoms with Crippen molar-refractivity contribution in [1.82, 2.24) is 4.90 Å². The average Bonchev–Trinajstić information content (AvgIpc) is 2.38. The number of nitrogens with two attached hydrogens (primary N) is 1. The molecule has 0 spiro atoms. The van der Waals surface area contributed by atoms with E-state index in [0.717, 1.165) is 6.54 Å². The van der Waals surface area contributed by atoms with Gasteiger partial charge in [-0.2, -0.15) is 0 Å². The summed E-state index contributed by atoms with van der Waals surface area (Å²) in [6.07, 6.45) is 2.36. The molecule has 3 heteroatoms. The van der Waals surface area contributed by atoms with Crippen molar-refractivity contribution >= 4 is 0 Å². The van der Waals surface area contributed by atoms with Crippen LogP contribution in [-0.2, 0) is 0 Å². The molecule has 1 aromatic carbocycles. The molecule has 0 radical (unpaired) electrons. The van der Waals surface area contributed by atoms with Crippen LogP contribution in [0.3, 0.4) is 0 Å². The second-order valence-electron chi connectivity index (χ2n) is 5.60. The highest BCUT2D eigenvalue weighted by atomic mass is 19.1. The Balaban J connectivity index is 2.63. The molecule has 2 nitrogen and oxygen atoms in total. The Kier molecular flexibility index (Phi) is 6.46. The molecule has 0 aromatic heterocycles. The lowest BCUT2D eigenvalue weighted by molar-refractivity contribution is 0.201. The van der Waals surface area contributed by atoms with E-state index < -0.39 is 0 Å². The van der Waals surface area contributed by atoms with Gasteiger partial charge in [0.2, 0.25) is 0 Å². The maximum atomic E-state index is 13.7. The van der Waals surface area contributed by atoms with Gasteiger partial charge in [0.05, 0.1) is 0 Å². The summed E-state index contributed by atoms with van der Waals surface area (Å²) >= 11 is 0. The first-order valence-electron chi connectivity index (χ1n) is 7.17. The molecule has 0 amide bonds. The van der Waals surface area contributed by atoms with Crippen molar-refractivity contribution in [3.05, 3.63) is 35.6 Å². The van der Waals surface area contributed by atoms with Crippen LogP contribution in [0, 0.1) is 11.7 Å². The van der Waals surface area contributed by atoms with Gasteiger partial charge < -0.3 is 10.6 Å². The summed E-state index contributed by atoms with van der Waals surface area (Å²) in [5.74, 6) is 0.0207. The molecule has 0 aliphatic heterocycles. The van der Waals surface area contributed by atoms with Crippen molar-refractivity contribution < 1.29 is 4.39 Å². The molecule has 0 bridgehead atoms. The maximum absolute atomic E-state index is 13.7. The standard InChI is InChI=1S/C16H27FN2/c1-5-8-13(3)19(4)11-12(2)16(18)14-9-6-7-10-15(14)17/h6-7,9-10,12-13,16H,5,8,11,18H2,1-4H3. The third-order valence-electron chi connectivity index (χ3n) is 3.91. The summed E-state index contributed by atoms with van der Waals surface area (Å²) in [6, 6.07) is 7.09. The number of hydrogen-bond acceptors (Lipinski definition) is 2. The maximum Gasteiger partial charge on any atom is 0.127 e. The molecule has 19 heavy (non-hydrogen) atoms. The first-order chi connectivity index (χ1) is 8.97. The van der Waals surface area contributed by atoms with Crippen LogP contribution in [0.15, 0.2) is 24.3 Å². The number of hydrogen-bond donors (Lipinski definition) is 1. The zero-order valence-electron chi connectivity index (χ0n) is 12.6. The minimum Gasteiger partial charge on any atom is -0.324 e. The van der Waals surface area contributed by atoms with Crippen LogP contribution < -0.4 is 5.73 Å². The summed E-state index contributed by atoms with van der Waals surface area (Å²) in [5.41, 5.74) is 6.81. The highest BCUT2D eigenvalue weighted by Gasteiger charge is 2.20. The molecule has 0 heterocycles. The molecule has 0 aliphatic carbocycles. The second kappa shape index (κ2) is 7.61. The molecular formula is C16H27FN2. The number of benzene rings is 1. The summed E-state index contributed by atoms with van der Waals surface area (Å²) in [4.78, 5) is 2.31. The largest absolute Gasteiger partial charge is 0.324 e. The van der Waals surface area contributed by atoms with Gasteiger partial charge in [0.1, 0.15) is 5.82 Å². The molecule has 3 atom stereocenters. The average molecular weight is 266 g/mol. The van der Waals surface area contributed by atoms with Gasteiger partial charge in [-0.05, 0) is 32.4 Å². The first-order valence-corrected chi connectivity index (χ1v) is 7.17. The fraction of sp³-hybridized carbons (Fsp3) is 0.625. The zero-order chi connectivity index (χ0) is 14.4. The first kappa shape index (κ1) is 16.1. The molecule has 0 saturated heterocycles. The lowest BCUT2D eigenvalue weighted by atomic mass is 9.94. The summed E-state index contributed by atoms with van der Waals surface area (Å²) in [6.45, 7) is 7.40. The molecule has 0 fully saturated rings. The second-order valence-corrected chi connectivity index (χ2v) is 5.60. The Morgan fingerprint density at radius 1 is 1.26 bits per heavy atom. The van der Waals surface area contributed by atoms with E-state index in [0.29, 0.717) is 11.6 Å². The van der Waals surface area contributed by atoms with Crippen LogP contribution in [-0.4, -0.2) is 24.5 Å². The molecule has 1 aromatic rings. The Hall–Kier alpha value is -0.930. The molecule has 3 unspecified atom stereocenters. The highest BCUT2D eigenvalue weighted by Crippen LogP contribution is 2.23. The van der Waals surface area contributed by atoms with Gasteiger partial charge in [0, 0.05) is 24.2 Å². The lowest BCUT2D eigenvalue weighted by Gasteiger charge is -2.30. The van der Waals surface area contributed by atoms with E-state index in [4.69, 9.17) is 5.73 Å². The summed E-state index contributed by atoms with van der Waals surface area (Å²) in [5, 5.41) is 0. The van der Waals surface area contributed by atoms with Gasteiger partial charge in [-0.3, -0.25) is 0 Å². The van der Waals surface area contributed by atoms with Crippen LogP contribution >= 0.6 is 0 Å². The van der Waals surface area contributed by atoms with Crippen LogP contribution in [0.25, 0.3) is 0 Å². The van der Waals surface area contributed by atoms with Crippen LogP contribution in [0.1, 0.15) is 45.2 Å². The van der Waals surface area contributed by atoms with E-state index >= 15 is 0 Å². The van der Waals surface area contributed by atoms with Gasteiger partial charge in [-0.1, -0.05) is 38.5 Å². The molecule has 0 saturated carbocycles. The fourth-order valence-corrected chi connectivity index (χ4v) is 2.44. The normalized spacial score (nSPS) is 16.4. The van der Waals surface area contributed by atoms with Gasteiger partial charge >= 0.3 is 0 Å². The van der Waals surface area contributed by atoms with Crippen LogP contribution in [0.2, 0.25) is 0 Å². The minimum absolute atomic E-state index is 0.203. The van der Waals surface area contributed by atoms with Gasteiger partial charge in [0.15, 0.2) is 0 Å². The van der Waals surface area contributed by atoms with Crippen molar-refractivity contribution in [3.63, 3.8) is 0 Å². The van der Waals surface area contributed by atoms with E-state index in [1.165, 1.54) is 18.9 Å². The Bertz CT molecular complexity index is 381. The Morgan fingerprint density at radius 3 is 2.47 bits per heavy atom. The number of nitrogens with zero attached hydrogens (tertiary/aromatic N) is 1. The minimum atomic E-state index is -0.252. The lowest BCUT2D eigenvalue weighted by Crippen LogP contribution is -2.36. The Morgan fingerprint density at radius 2 is 1.89 bits per heavy atom. The zero-order valence-corrected chi connectivity index (χ0v) is 12.6.